The van der Waals surface area contributed by atoms with Gasteiger partial charge < -0.3 is 10.6 Å². The van der Waals surface area contributed by atoms with Crippen molar-refractivity contribution in [2.45, 2.75) is 26.3 Å². The maximum absolute atomic E-state index is 11.9. The largest absolute Gasteiger partial charge is 0.329 e. The molecule has 0 aliphatic carbocycles. The van der Waals surface area contributed by atoms with Crippen LogP contribution in [-0.2, 0) is 13.5 Å². The lowest BCUT2D eigenvalue weighted by molar-refractivity contribution is 0.249. The first-order valence-corrected chi connectivity index (χ1v) is 6.97. The number of anilines is 1. The van der Waals surface area contributed by atoms with Gasteiger partial charge in [0.1, 0.15) is 5.01 Å². The lowest BCUT2D eigenvalue weighted by Gasteiger charge is -2.12. The lowest BCUT2D eigenvalue weighted by atomic mass is 10.3. The number of hydrogen-bond donors (Lipinski definition) is 2. The molecule has 2 rings (SSSR count). The van der Waals surface area contributed by atoms with Gasteiger partial charge in [0.15, 0.2) is 0 Å². The first kappa shape index (κ1) is 13.5. The van der Waals surface area contributed by atoms with Gasteiger partial charge in [0.05, 0.1) is 17.4 Å². The van der Waals surface area contributed by atoms with E-state index in [0.717, 1.165) is 22.8 Å². The molecule has 0 aliphatic heterocycles. The van der Waals surface area contributed by atoms with Crippen molar-refractivity contribution >= 4 is 23.1 Å². The Hall–Kier alpha value is -1.89. The molecule has 0 aromatic carbocycles. The number of nitrogens with zero attached hydrogens (tertiary/aromatic N) is 3. The van der Waals surface area contributed by atoms with Crippen molar-refractivity contribution in [3.05, 3.63) is 28.5 Å². The Morgan fingerprint density at radius 2 is 2.37 bits per heavy atom. The number of aromatic nitrogens is 3. The van der Waals surface area contributed by atoms with Gasteiger partial charge in [0.25, 0.3) is 0 Å². The van der Waals surface area contributed by atoms with Crippen molar-refractivity contribution in [2.24, 2.45) is 7.05 Å². The van der Waals surface area contributed by atoms with Crippen molar-refractivity contribution in [1.82, 2.24) is 20.1 Å². The van der Waals surface area contributed by atoms with Gasteiger partial charge in [0.2, 0.25) is 0 Å². The number of aryl methyl sites for hydroxylation is 2. The Kier molecular flexibility index (Phi) is 4.16. The van der Waals surface area contributed by atoms with Crippen LogP contribution < -0.4 is 10.6 Å². The Bertz CT molecular complexity index is 548. The second kappa shape index (κ2) is 5.83. The van der Waals surface area contributed by atoms with Gasteiger partial charge in [-0.15, -0.1) is 11.3 Å². The van der Waals surface area contributed by atoms with E-state index in [-0.39, 0.29) is 12.1 Å². The highest BCUT2D eigenvalue weighted by atomic mass is 32.1. The molecule has 7 heteroatoms. The van der Waals surface area contributed by atoms with Crippen LogP contribution >= 0.6 is 11.3 Å². The molecular weight excluding hydrogens is 262 g/mol. The van der Waals surface area contributed by atoms with Crippen LogP contribution in [-0.4, -0.2) is 20.8 Å². The zero-order chi connectivity index (χ0) is 13.8. The van der Waals surface area contributed by atoms with Gasteiger partial charge in [-0.25, -0.2) is 9.78 Å². The maximum atomic E-state index is 11.9. The van der Waals surface area contributed by atoms with Crippen LogP contribution in [0, 0.1) is 0 Å². The fourth-order valence-corrected chi connectivity index (χ4v) is 2.41. The van der Waals surface area contributed by atoms with Gasteiger partial charge in [-0.1, -0.05) is 6.92 Å². The molecule has 0 fully saturated rings. The van der Waals surface area contributed by atoms with Gasteiger partial charge in [0, 0.05) is 24.8 Å². The Labute approximate surface area is 115 Å². The minimum absolute atomic E-state index is 0.109. The normalized spacial score (nSPS) is 12.2. The molecule has 0 spiro atoms. The summed E-state index contributed by atoms with van der Waals surface area (Å²) in [7, 11) is 1.83. The lowest BCUT2D eigenvalue weighted by Crippen LogP contribution is -2.31. The highest BCUT2D eigenvalue weighted by Crippen LogP contribution is 2.16. The van der Waals surface area contributed by atoms with E-state index in [1.807, 2.05) is 26.3 Å². The summed E-state index contributed by atoms with van der Waals surface area (Å²) in [5, 5.41) is 12.7. The quantitative estimate of drug-likeness (QED) is 0.902. The van der Waals surface area contributed by atoms with Crippen LogP contribution in [0.3, 0.4) is 0 Å². The zero-order valence-corrected chi connectivity index (χ0v) is 12.0. The molecule has 0 radical (unpaired) electrons. The van der Waals surface area contributed by atoms with E-state index >= 15 is 0 Å². The zero-order valence-electron chi connectivity index (χ0n) is 11.2. The minimum Gasteiger partial charge on any atom is -0.329 e. The molecule has 0 saturated heterocycles. The minimum atomic E-state index is -0.245. The summed E-state index contributed by atoms with van der Waals surface area (Å²) in [5.41, 5.74) is 1.62. The third-order valence-corrected chi connectivity index (χ3v) is 3.62. The topological polar surface area (TPSA) is 71.8 Å². The molecule has 0 bridgehead atoms. The molecule has 2 amide bonds. The molecule has 2 N–H and O–H groups in total. The van der Waals surface area contributed by atoms with E-state index in [9.17, 15) is 4.79 Å². The molecule has 0 unspecified atom stereocenters. The van der Waals surface area contributed by atoms with E-state index in [0.29, 0.717) is 0 Å². The van der Waals surface area contributed by atoms with Crippen molar-refractivity contribution < 1.29 is 4.79 Å². The van der Waals surface area contributed by atoms with E-state index in [4.69, 9.17) is 0 Å². The van der Waals surface area contributed by atoms with Crippen LogP contribution in [0.2, 0.25) is 0 Å². The second-order valence-corrected chi connectivity index (χ2v) is 5.13. The summed E-state index contributed by atoms with van der Waals surface area (Å²) in [4.78, 5) is 16.1. The first-order valence-electron chi connectivity index (χ1n) is 6.09. The van der Waals surface area contributed by atoms with Crippen LogP contribution in [0.1, 0.15) is 30.6 Å². The summed E-state index contributed by atoms with van der Waals surface area (Å²) in [6, 6.07) is -0.354. The molecular formula is C12H17N5OS. The number of carbonyl (C=O) groups excluding carboxylic acids is 1. The van der Waals surface area contributed by atoms with Crippen LogP contribution in [0.15, 0.2) is 17.8 Å². The first-order chi connectivity index (χ1) is 9.10. The average molecular weight is 279 g/mol. The predicted octanol–water partition coefficient (Wildman–Crippen LogP) is 2.32. The Morgan fingerprint density at radius 1 is 1.58 bits per heavy atom. The van der Waals surface area contributed by atoms with E-state index < -0.39 is 0 Å². The molecule has 2 aromatic heterocycles. The third kappa shape index (κ3) is 3.31. The number of urea groups is 1. The highest BCUT2D eigenvalue weighted by Gasteiger charge is 2.14. The summed E-state index contributed by atoms with van der Waals surface area (Å²) >= 11 is 1.52. The SMILES string of the molecule is CCc1nn(C)cc1NC(=O)N[C@@H](C)c1nccs1. The van der Waals surface area contributed by atoms with Crippen molar-refractivity contribution in [1.29, 1.82) is 0 Å². The van der Waals surface area contributed by atoms with E-state index in [1.54, 1.807) is 17.1 Å². The fraction of sp³-hybridized carbons (Fsp3) is 0.417. The summed E-state index contributed by atoms with van der Waals surface area (Å²) in [6.07, 6.45) is 4.30. The average Bonchev–Trinajstić information content (AvgIpc) is 2.98. The van der Waals surface area contributed by atoms with Crippen molar-refractivity contribution in [3.63, 3.8) is 0 Å². The third-order valence-electron chi connectivity index (χ3n) is 2.66. The summed E-state index contributed by atoms with van der Waals surface area (Å²) < 4.78 is 1.69. The van der Waals surface area contributed by atoms with Crippen molar-refractivity contribution in [2.75, 3.05) is 5.32 Å². The van der Waals surface area contributed by atoms with Gasteiger partial charge in [-0.3, -0.25) is 4.68 Å². The number of rotatable bonds is 4. The van der Waals surface area contributed by atoms with Crippen LogP contribution in [0.4, 0.5) is 10.5 Å². The fourth-order valence-electron chi connectivity index (χ4n) is 1.77. The van der Waals surface area contributed by atoms with Gasteiger partial charge in [-0.05, 0) is 13.3 Å². The monoisotopic (exact) mass is 279 g/mol. The molecule has 2 aromatic rings. The van der Waals surface area contributed by atoms with Crippen molar-refractivity contribution in [3.8, 4) is 0 Å². The van der Waals surface area contributed by atoms with E-state index in [2.05, 4.69) is 20.7 Å². The molecule has 0 saturated carbocycles. The van der Waals surface area contributed by atoms with E-state index in [1.165, 1.54) is 11.3 Å². The standard InChI is InChI=1S/C12H17N5OS/c1-4-9-10(7-17(3)16-9)15-12(18)14-8(2)11-13-5-6-19-11/h5-8H,4H2,1-3H3,(H2,14,15,18)/t8-/m0/s1. The van der Waals surface area contributed by atoms with Gasteiger partial charge in [-0.2, -0.15) is 5.10 Å². The molecule has 6 nitrogen and oxygen atoms in total. The van der Waals surface area contributed by atoms with Crippen LogP contribution in [0.25, 0.3) is 0 Å². The number of thiazole rings is 1. The Balaban J connectivity index is 1.97. The molecule has 19 heavy (non-hydrogen) atoms. The molecule has 102 valence electrons. The number of amides is 2. The summed E-state index contributed by atoms with van der Waals surface area (Å²) in [5.74, 6) is 0. The second-order valence-electron chi connectivity index (χ2n) is 4.21. The molecule has 2 heterocycles. The Morgan fingerprint density at radius 3 is 3.00 bits per heavy atom. The predicted molar refractivity (Wildman–Crippen MR) is 75.3 cm³/mol. The highest BCUT2D eigenvalue weighted by molar-refractivity contribution is 7.09. The van der Waals surface area contributed by atoms with Crippen LogP contribution in [0.5, 0.6) is 0 Å². The number of carbonyl (C=O) groups is 1. The number of nitrogens with one attached hydrogen (secondary N) is 2. The smallest absolute Gasteiger partial charge is 0.319 e. The maximum Gasteiger partial charge on any atom is 0.319 e. The molecule has 1 atom stereocenters. The van der Waals surface area contributed by atoms with Gasteiger partial charge >= 0.3 is 6.03 Å². The summed E-state index contributed by atoms with van der Waals surface area (Å²) in [6.45, 7) is 3.91. The number of hydrogen-bond acceptors (Lipinski definition) is 4. The molecule has 0 aliphatic rings.